The van der Waals surface area contributed by atoms with Crippen LogP contribution in [-0.4, -0.2) is 40.5 Å². The van der Waals surface area contributed by atoms with Gasteiger partial charge in [0, 0.05) is 23.6 Å². The lowest BCUT2D eigenvalue weighted by Gasteiger charge is -2.25. The summed E-state index contributed by atoms with van der Waals surface area (Å²) in [6.45, 7) is 3.61. The molecule has 2 N–H and O–H groups in total. The SMILES string of the molecule is CC1=C(C(=O)O)C(c2cccc(Cl)c2Cl)N=C(SCCCN(C)Cc2ccccc2)N1. The van der Waals surface area contributed by atoms with Crippen LogP contribution in [0, 0.1) is 0 Å². The normalized spacial score (nSPS) is 16.3. The number of hydrogen-bond donors (Lipinski definition) is 2. The highest BCUT2D eigenvalue weighted by molar-refractivity contribution is 8.13. The molecule has 0 saturated carbocycles. The smallest absolute Gasteiger partial charge is 0.335 e. The molecule has 2 aromatic carbocycles. The molecule has 1 aliphatic rings. The minimum atomic E-state index is -1.03. The molecule has 1 unspecified atom stereocenters. The molecular formula is C23H25Cl2N3O2S. The molecule has 0 saturated heterocycles. The summed E-state index contributed by atoms with van der Waals surface area (Å²) >= 11 is 14.1. The van der Waals surface area contributed by atoms with E-state index in [-0.39, 0.29) is 5.57 Å². The Bertz CT molecular complexity index is 996. The van der Waals surface area contributed by atoms with Crippen molar-refractivity contribution in [3.63, 3.8) is 0 Å². The molecule has 8 heteroatoms. The van der Waals surface area contributed by atoms with Gasteiger partial charge in [0.1, 0.15) is 6.04 Å². The summed E-state index contributed by atoms with van der Waals surface area (Å²) in [4.78, 5) is 18.8. The number of nitrogens with zero attached hydrogens (tertiary/aromatic N) is 2. The molecule has 0 spiro atoms. The monoisotopic (exact) mass is 477 g/mol. The number of amidine groups is 1. The minimum Gasteiger partial charge on any atom is -0.478 e. The van der Waals surface area contributed by atoms with E-state index in [1.54, 1.807) is 36.9 Å². The Kier molecular flexibility index (Phi) is 8.43. The first kappa shape index (κ1) is 23.7. The van der Waals surface area contributed by atoms with Gasteiger partial charge < -0.3 is 15.3 Å². The summed E-state index contributed by atoms with van der Waals surface area (Å²) < 4.78 is 0. The van der Waals surface area contributed by atoms with Crippen LogP contribution < -0.4 is 5.32 Å². The van der Waals surface area contributed by atoms with Gasteiger partial charge >= 0.3 is 5.97 Å². The molecule has 0 amide bonds. The van der Waals surface area contributed by atoms with Gasteiger partial charge in [-0.25, -0.2) is 9.79 Å². The number of aliphatic carboxylic acids is 1. The van der Waals surface area contributed by atoms with Crippen molar-refractivity contribution in [1.82, 2.24) is 10.2 Å². The van der Waals surface area contributed by atoms with E-state index < -0.39 is 12.0 Å². The van der Waals surface area contributed by atoms with E-state index >= 15 is 0 Å². The summed E-state index contributed by atoms with van der Waals surface area (Å²) in [6, 6.07) is 14.9. The second kappa shape index (κ2) is 11.0. The number of hydrogen-bond acceptors (Lipinski definition) is 5. The van der Waals surface area contributed by atoms with Gasteiger partial charge in [0.25, 0.3) is 0 Å². The van der Waals surface area contributed by atoms with Crippen LogP contribution in [0.5, 0.6) is 0 Å². The van der Waals surface area contributed by atoms with Crippen LogP contribution in [0.15, 0.2) is 64.8 Å². The van der Waals surface area contributed by atoms with Crippen molar-refractivity contribution in [1.29, 1.82) is 0 Å². The molecule has 3 rings (SSSR count). The molecule has 0 fully saturated rings. The topological polar surface area (TPSA) is 64.9 Å². The van der Waals surface area contributed by atoms with E-state index in [0.29, 0.717) is 26.5 Å². The number of allylic oxidation sites excluding steroid dienone is 1. The van der Waals surface area contributed by atoms with E-state index in [1.807, 2.05) is 6.07 Å². The van der Waals surface area contributed by atoms with Gasteiger partial charge in [-0.15, -0.1) is 0 Å². The first-order chi connectivity index (χ1) is 14.9. The van der Waals surface area contributed by atoms with Crippen LogP contribution in [0.25, 0.3) is 0 Å². The lowest BCUT2D eigenvalue weighted by atomic mass is 9.96. The quantitative estimate of drug-likeness (QED) is 0.483. The number of nitrogens with one attached hydrogen (secondary N) is 1. The first-order valence-corrected chi connectivity index (χ1v) is 11.7. The van der Waals surface area contributed by atoms with Gasteiger partial charge in [-0.2, -0.15) is 0 Å². The van der Waals surface area contributed by atoms with Gasteiger partial charge in [-0.1, -0.05) is 77.4 Å². The fraction of sp³-hybridized carbons (Fsp3) is 0.304. The van der Waals surface area contributed by atoms with Crippen LogP contribution in [0.1, 0.15) is 30.5 Å². The van der Waals surface area contributed by atoms with Crippen LogP contribution in [0.4, 0.5) is 0 Å². The average molecular weight is 478 g/mol. The Labute approximate surface area is 197 Å². The number of rotatable bonds is 8. The number of halogens is 2. The van der Waals surface area contributed by atoms with Gasteiger partial charge in [0.15, 0.2) is 5.17 Å². The highest BCUT2D eigenvalue weighted by Crippen LogP contribution is 2.38. The van der Waals surface area contributed by atoms with Crippen LogP contribution >= 0.6 is 35.0 Å². The average Bonchev–Trinajstić information content (AvgIpc) is 2.73. The number of carbonyl (C=O) groups is 1. The third kappa shape index (κ3) is 6.26. The maximum Gasteiger partial charge on any atom is 0.335 e. The van der Waals surface area contributed by atoms with E-state index in [4.69, 9.17) is 23.2 Å². The molecule has 164 valence electrons. The molecule has 0 bridgehead atoms. The summed E-state index contributed by atoms with van der Waals surface area (Å²) in [5.74, 6) is -0.169. The predicted octanol–water partition coefficient (Wildman–Crippen LogP) is 5.61. The third-order valence-electron chi connectivity index (χ3n) is 4.94. The van der Waals surface area contributed by atoms with Crippen molar-refractivity contribution in [3.8, 4) is 0 Å². The largest absolute Gasteiger partial charge is 0.478 e. The zero-order valence-corrected chi connectivity index (χ0v) is 19.8. The zero-order valence-electron chi connectivity index (χ0n) is 17.4. The minimum absolute atomic E-state index is 0.177. The molecule has 1 aliphatic heterocycles. The molecule has 0 aliphatic carbocycles. The van der Waals surface area contributed by atoms with Crippen LogP contribution in [0.2, 0.25) is 10.0 Å². The Balaban J connectivity index is 1.63. The van der Waals surface area contributed by atoms with Crippen molar-refractivity contribution in [2.75, 3.05) is 19.3 Å². The molecule has 5 nitrogen and oxygen atoms in total. The summed E-state index contributed by atoms with van der Waals surface area (Å²) in [6.07, 6.45) is 0.978. The summed E-state index contributed by atoms with van der Waals surface area (Å²) in [5.41, 5.74) is 2.62. The molecule has 31 heavy (non-hydrogen) atoms. The lowest BCUT2D eigenvalue weighted by molar-refractivity contribution is -0.133. The van der Waals surface area contributed by atoms with Gasteiger partial charge in [-0.3, -0.25) is 0 Å². The Hall–Kier alpha value is -1.99. The fourth-order valence-corrected chi connectivity index (χ4v) is 4.71. The number of carboxylic acid groups (broad SMARTS) is 1. The van der Waals surface area contributed by atoms with Crippen molar-refractivity contribution >= 4 is 46.1 Å². The van der Waals surface area contributed by atoms with Gasteiger partial charge in [-0.05, 0) is 38.6 Å². The Morgan fingerprint density at radius 3 is 2.65 bits per heavy atom. The summed E-state index contributed by atoms with van der Waals surface area (Å²) in [5, 5.41) is 14.3. The van der Waals surface area contributed by atoms with Crippen molar-refractivity contribution in [2.45, 2.75) is 25.9 Å². The molecular weight excluding hydrogens is 453 g/mol. The second-order valence-electron chi connectivity index (χ2n) is 7.37. The highest BCUT2D eigenvalue weighted by atomic mass is 35.5. The van der Waals surface area contributed by atoms with Crippen molar-refractivity contribution in [2.24, 2.45) is 4.99 Å². The first-order valence-electron chi connectivity index (χ1n) is 9.95. The van der Waals surface area contributed by atoms with Crippen LogP contribution in [-0.2, 0) is 11.3 Å². The predicted molar refractivity (Wildman–Crippen MR) is 130 cm³/mol. The van der Waals surface area contributed by atoms with Gasteiger partial charge in [0.2, 0.25) is 0 Å². The number of carboxylic acids is 1. The maximum atomic E-state index is 11.9. The van der Waals surface area contributed by atoms with Crippen molar-refractivity contribution in [3.05, 3.63) is 81.0 Å². The summed E-state index contributed by atoms with van der Waals surface area (Å²) in [7, 11) is 2.11. The Morgan fingerprint density at radius 1 is 1.19 bits per heavy atom. The molecule has 0 aromatic heterocycles. The molecule has 0 radical (unpaired) electrons. The third-order valence-corrected chi connectivity index (χ3v) is 6.75. The second-order valence-corrected chi connectivity index (χ2v) is 9.24. The van der Waals surface area contributed by atoms with Gasteiger partial charge in [0.05, 0.1) is 15.6 Å². The standard InChI is InChI=1S/C23H25Cl2N3O2S/c1-15-19(22(29)30)21(17-10-6-11-18(24)20(17)25)27-23(26-15)31-13-7-12-28(2)14-16-8-4-3-5-9-16/h3-6,8-11,21H,7,12-14H2,1-2H3,(H,26,27)(H,29,30). The van der Waals surface area contributed by atoms with E-state index in [1.165, 1.54) is 5.56 Å². The molecule has 1 heterocycles. The Morgan fingerprint density at radius 2 is 1.94 bits per heavy atom. The van der Waals surface area contributed by atoms with E-state index in [9.17, 15) is 9.90 Å². The van der Waals surface area contributed by atoms with Crippen LogP contribution in [0.3, 0.4) is 0 Å². The zero-order chi connectivity index (χ0) is 22.4. The number of thioether (sulfide) groups is 1. The maximum absolute atomic E-state index is 11.9. The molecule has 2 aromatic rings. The van der Waals surface area contributed by atoms with E-state index in [2.05, 4.69) is 46.5 Å². The lowest BCUT2D eigenvalue weighted by Crippen LogP contribution is -2.30. The molecule has 1 atom stereocenters. The number of aliphatic imine (C=N–C) groups is 1. The highest BCUT2D eigenvalue weighted by Gasteiger charge is 2.31. The van der Waals surface area contributed by atoms with E-state index in [0.717, 1.165) is 25.3 Å². The van der Waals surface area contributed by atoms with Crippen molar-refractivity contribution < 1.29 is 9.90 Å². The fourth-order valence-electron chi connectivity index (χ4n) is 3.43. The number of benzene rings is 2.